The summed E-state index contributed by atoms with van der Waals surface area (Å²) in [4.78, 5) is 1.05. The zero-order valence-electron chi connectivity index (χ0n) is 10.3. The molecule has 96 valence electrons. The second-order valence-electron chi connectivity index (χ2n) is 4.36. The van der Waals surface area contributed by atoms with Gasteiger partial charge in [-0.3, -0.25) is 0 Å². The Labute approximate surface area is 116 Å². The molecule has 0 radical (unpaired) electrons. The molecule has 0 spiro atoms. The van der Waals surface area contributed by atoms with Crippen molar-refractivity contribution in [2.45, 2.75) is 18.9 Å². The first-order chi connectivity index (χ1) is 8.53. The Morgan fingerprint density at radius 3 is 2.61 bits per heavy atom. The molecule has 4 heteroatoms. The van der Waals surface area contributed by atoms with Crippen molar-refractivity contribution in [2.75, 3.05) is 7.11 Å². The maximum atomic E-state index is 10.6. The lowest BCUT2D eigenvalue weighted by Gasteiger charge is -2.25. The van der Waals surface area contributed by atoms with Gasteiger partial charge >= 0.3 is 0 Å². The molecule has 1 aromatic carbocycles. The zero-order valence-corrected chi connectivity index (χ0v) is 11.9. The van der Waals surface area contributed by atoms with Crippen molar-refractivity contribution in [3.8, 4) is 5.75 Å². The van der Waals surface area contributed by atoms with Crippen LogP contribution < -0.4 is 4.74 Å². The topological polar surface area (TPSA) is 29.5 Å². The molecule has 1 heterocycles. The second kappa shape index (κ2) is 5.31. The second-order valence-corrected chi connectivity index (χ2v) is 6.16. The number of halogens is 1. The van der Waals surface area contributed by atoms with E-state index in [-0.39, 0.29) is 0 Å². The minimum Gasteiger partial charge on any atom is -0.496 e. The third-order valence-electron chi connectivity index (χ3n) is 2.83. The maximum Gasteiger partial charge on any atom is 0.124 e. The molecule has 1 N–H and O–H groups in total. The van der Waals surface area contributed by atoms with Crippen molar-refractivity contribution in [2.24, 2.45) is 0 Å². The van der Waals surface area contributed by atoms with Gasteiger partial charge in [0.1, 0.15) is 5.75 Å². The highest BCUT2D eigenvalue weighted by Crippen LogP contribution is 2.34. The Morgan fingerprint density at radius 1 is 1.28 bits per heavy atom. The number of benzene rings is 1. The molecular formula is C14H15ClO2S. The number of hydrogen-bond donors (Lipinski definition) is 1. The molecule has 0 amide bonds. The molecule has 0 bridgehead atoms. The molecule has 0 aliphatic rings. The van der Waals surface area contributed by atoms with Gasteiger partial charge in [0.2, 0.25) is 0 Å². The smallest absolute Gasteiger partial charge is 0.124 e. The first kappa shape index (κ1) is 13.4. The first-order valence-electron chi connectivity index (χ1n) is 5.63. The molecular weight excluding hydrogens is 268 g/mol. The van der Waals surface area contributed by atoms with Crippen molar-refractivity contribution >= 4 is 22.9 Å². The van der Waals surface area contributed by atoms with Gasteiger partial charge in [0.05, 0.1) is 17.0 Å². The number of hydrogen-bond acceptors (Lipinski definition) is 3. The molecule has 0 aliphatic heterocycles. The van der Waals surface area contributed by atoms with Gasteiger partial charge in [-0.15, -0.1) is 11.3 Å². The lowest BCUT2D eigenvalue weighted by atomic mass is 9.91. The molecule has 0 saturated heterocycles. The van der Waals surface area contributed by atoms with Crippen LogP contribution in [0.15, 0.2) is 36.4 Å². The highest BCUT2D eigenvalue weighted by atomic mass is 35.5. The molecule has 18 heavy (non-hydrogen) atoms. The normalized spacial score (nSPS) is 14.2. The van der Waals surface area contributed by atoms with Gasteiger partial charge < -0.3 is 9.84 Å². The number of thiophene rings is 1. The largest absolute Gasteiger partial charge is 0.496 e. The average molecular weight is 283 g/mol. The Balaban J connectivity index is 2.29. The molecule has 2 aromatic rings. The Morgan fingerprint density at radius 2 is 2.00 bits per heavy atom. The average Bonchev–Trinajstić information content (AvgIpc) is 2.74. The monoisotopic (exact) mass is 282 g/mol. The number of para-hydroxylation sites is 1. The van der Waals surface area contributed by atoms with Crippen LogP contribution in [0.2, 0.25) is 4.34 Å². The fourth-order valence-corrected chi connectivity index (χ4v) is 3.21. The fraction of sp³-hybridized carbons (Fsp3) is 0.286. The van der Waals surface area contributed by atoms with Gasteiger partial charge in [0.25, 0.3) is 0 Å². The quantitative estimate of drug-likeness (QED) is 0.923. The third-order valence-corrected chi connectivity index (χ3v) is 4.07. The Kier molecular flexibility index (Phi) is 3.95. The van der Waals surface area contributed by atoms with E-state index in [1.807, 2.05) is 36.4 Å². The molecule has 1 unspecified atom stereocenters. The van der Waals surface area contributed by atoms with E-state index in [0.29, 0.717) is 12.2 Å². The van der Waals surface area contributed by atoms with Crippen LogP contribution in [0, 0.1) is 0 Å². The van der Waals surface area contributed by atoms with E-state index in [1.165, 1.54) is 11.3 Å². The van der Waals surface area contributed by atoms with E-state index in [0.717, 1.165) is 14.8 Å². The molecule has 1 aromatic heterocycles. The lowest BCUT2D eigenvalue weighted by molar-refractivity contribution is 0.0558. The van der Waals surface area contributed by atoms with Crippen LogP contribution in [0.3, 0.4) is 0 Å². The van der Waals surface area contributed by atoms with Crippen LogP contribution >= 0.6 is 22.9 Å². The van der Waals surface area contributed by atoms with Crippen LogP contribution in [0.25, 0.3) is 0 Å². The van der Waals surface area contributed by atoms with E-state index in [1.54, 1.807) is 14.0 Å². The standard InChI is InChI=1S/C14H15ClO2S/c1-14(16,9-10-7-8-13(15)18-10)11-5-3-4-6-12(11)17-2/h3-8,16H,9H2,1-2H3. The SMILES string of the molecule is COc1ccccc1C(C)(O)Cc1ccc(Cl)s1. The lowest BCUT2D eigenvalue weighted by Crippen LogP contribution is -2.24. The third kappa shape index (κ3) is 2.86. The molecule has 2 nitrogen and oxygen atoms in total. The van der Waals surface area contributed by atoms with Crippen LogP contribution in [0.4, 0.5) is 0 Å². The summed E-state index contributed by atoms with van der Waals surface area (Å²) in [7, 11) is 1.61. The van der Waals surface area contributed by atoms with Crippen molar-refractivity contribution in [3.63, 3.8) is 0 Å². The van der Waals surface area contributed by atoms with Gasteiger partial charge in [-0.1, -0.05) is 29.8 Å². The highest BCUT2D eigenvalue weighted by molar-refractivity contribution is 7.16. The summed E-state index contributed by atoms with van der Waals surface area (Å²) in [5.74, 6) is 0.699. The molecule has 0 aliphatic carbocycles. The summed E-state index contributed by atoms with van der Waals surface area (Å²) in [5, 5.41) is 10.6. The first-order valence-corrected chi connectivity index (χ1v) is 6.82. The van der Waals surface area contributed by atoms with E-state index in [2.05, 4.69) is 0 Å². The molecule has 0 saturated carbocycles. The Bertz CT molecular complexity index is 534. The highest BCUT2D eigenvalue weighted by Gasteiger charge is 2.27. The summed E-state index contributed by atoms with van der Waals surface area (Å²) in [6.45, 7) is 1.79. The zero-order chi connectivity index (χ0) is 13.2. The summed E-state index contributed by atoms with van der Waals surface area (Å²) < 4.78 is 6.03. The van der Waals surface area contributed by atoms with Crippen molar-refractivity contribution < 1.29 is 9.84 Å². The minimum atomic E-state index is -0.971. The van der Waals surface area contributed by atoms with E-state index < -0.39 is 5.60 Å². The number of aliphatic hydroxyl groups is 1. The molecule has 1 atom stereocenters. The van der Waals surface area contributed by atoms with E-state index in [4.69, 9.17) is 16.3 Å². The van der Waals surface area contributed by atoms with Crippen molar-refractivity contribution in [1.29, 1.82) is 0 Å². The minimum absolute atomic E-state index is 0.519. The van der Waals surface area contributed by atoms with Crippen molar-refractivity contribution in [1.82, 2.24) is 0 Å². The summed E-state index contributed by atoms with van der Waals surface area (Å²) in [5.41, 5.74) is -0.183. The van der Waals surface area contributed by atoms with Gasteiger partial charge in [0, 0.05) is 16.9 Å². The van der Waals surface area contributed by atoms with Crippen LogP contribution in [0.1, 0.15) is 17.4 Å². The van der Waals surface area contributed by atoms with Gasteiger partial charge in [0.15, 0.2) is 0 Å². The number of rotatable bonds is 4. The predicted molar refractivity (Wildman–Crippen MR) is 75.6 cm³/mol. The Hall–Kier alpha value is -1.03. The van der Waals surface area contributed by atoms with Gasteiger partial charge in [-0.05, 0) is 25.1 Å². The van der Waals surface area contributed by atoms with E-state index >= 15 is 0 Å². The van der Waals surface area contributed by atoms with Crippen LogP contribution in [-0.2, 0) is 12.0 Å². The van der Waals surface area contributed by atoms with Crippen LogP contribution in [0.5, 0.6) is 5.75 Å². The van der Waals surface area contributed by atoms with Crippen LogP contribution in [-0.4, -0.2) is 12.2 Å². The van der Waals surface area contributed by atoms with E-state index in [9.17, 15) is 5.11 Å². The summed E-state index contributed by atoms with van der Waals surface area (Å²) in [6, 6.07) is 11.3. The van der Waals surface area contributed by atoms with Crippen molar-refractivity contribution in [3.05, 3.63) is 51.2 Å². The maximum absolute atomic E-state index is 10.6. The number of methoxy groups -OCH3 is 1. The van der Waals surface area contributed by atoms with Gasteiger partial charge in [-0.25, -0.2) is 0 Å². The molecule has 0 fully saturated rings. The summed E-state index contributed by atoms with van der Waals surface area (Å²) in [6.07, 6.45) is 0.519. The molecule has 2 rings (SSSR count). The van der Waals surface area contributed by atoms with Gasteiger partial charge in [-0.2, -0.15) is 0 Å². The fourth-order valence-electron chi connectivity index (χ4n) is 1.97. The predicted octanol–water partition coefficient (Wildman–Crippen LogP) is 3.86. The summed E-state index contributed by atoms with van der Waals surface area (Å²) >= 11 is 7.39. The number of ether oxygens (including phenoxy) is 1.